The first kappa shape index (κ1) is 14.6. The number of nitrogens with zero attached hydrogens (tertiary/aromatic N) is 2. The first-order chi connectivity index (χ1) is 9.69. The highest BCUT2D eigenvalue weighted by atomic mass is 32.2. The van der Waals surface area contributed by atoms with Crippen LogP contribution < -0.4 is 5.32 Å². The van der Waals surface area contributed by atoms with Crippen molar-refractivity contribution in [2.75, 3.05) is 12.3 Å². The number of nitrogens with one attached hydrogen (secondary N) is 2. The molecule has 0 bridgehead atoms. The monoisotopic (exact) mass is 290 g/mol. The van der Waals surface area contributed by atoms with Crippen LogP contribution in [0, 0.1) is 0 Å². The number of hydrogen-bond donors (Lipinski definition) is 2. The highest BCUT2D eigenvalue weighted by Crippen LogP contribution is 2.19. The van der Waals surface area contributed by atoms with E-state index in [0.717, 1.165) is 23.6 Å². The van der Waals surface area contributed by atoms with Gasteiger partial charge in [-0.15, -0.1) is 5.10 Å². The van der Waals surface area contributed by atoms with Crippen molar-refractivity contribution >= 4 is 17.7 Å². The number of benzene rings is 1. The number of H-pyrrole nitrogens is 1. The maximum absolute atomic E-state index is 10.7. The Labute approximate surface area is 122 Å². The van der Waals surface area contributed by atoms with E-state index in [4.69, 9.17) is 0 Å². The molecule has 0 spiro atoms. The number of amides is 1. The largest absolute Gasteiger partial charge is 0.356 e. The van der Waals surface area contributed by atoms with Crippen molar-refractivity contribution in [3.8, 4) is 11.4 Å². The summed E-state index contributed by atoms with van der Waals surface area (Å²) < 4.78 is 0. The number of aryl methyl sites for hydroxylation is 1. The lowest BCUT2D eigenvalue weighted by Gasteiger charge is -1.99. The fourth-order valence-electron chi connectivity index (χ4n) is 1.71. The van der Waals surface area contributed by atoms with Crippen LogP contribution in [0.4, 0.5) is 0 Å². The first-order valence-electron chi connectivity index (χ1n) is 6.58. The van der Waals surface area contributed by atoms with Gasteiger partial charge in [0.1, 0.15) is 0 Å². The summed E-state index contributed by atoms with van der Waals surface area (Å²) in [5.41, 5.74) is 2.33. The summed E-state index contributed by atoms with van der Waals surface area (Å²) in [6.45, 7) is 4.26. The molecule has 0 radical (unpaired) electrons. The normalized spacial score (nSPS) is 10.5. The van der Waals surface area contributed by atoms with Gasteiger partial charge in [-0.3, -0.25) is 9.89 Å². The minimum Gasteiger partial charge on any atom is -0.356 e. The SMILES string of the molecule is CCc1ccc(-c2nc(SCCNC(C)=O)n[nH]2)cc1. The fraction of sp³-hybridized carbons (Fsp3) is 0.357. The quantitative estimate of drug-likeness (QED) is 0.632. The Hall–Kier alpha value is -1.82. The Bertz CT molecular complexity index is 565. The van der Waals surface area contributed by atoms with Gasteiger partial charge in [-0.2, -0.15) is 0 Å². The van der Waals surface area contributed by atoms with E-state index in [9.17, 15) is 4.79 Å². The molecule has 106 valence electrons. The van der Waals surface area contributed by atoms with Gasteiger partial charge in [0.05, 0.1) is 0 Å². The van der Waals surface area contributed by atoms with E-state index in [0.29, 0.717) is 11.7 Å². The van der Waals surface area contributed by atoms with Gasteiger partial charge in [0.25, 0.3) is 0 Å². The van der Waals surface area contributed by atoms with Crippen LogP contribution in [0.15, 0.2) is 29.4 Å². The van der Waals surface area contributed by atoms with Crippen LogP contribution in [0.2, 0.25) is 0 Å². The lowest BCUT2D eigenvalue weighted by Crippen LogP contribution is -2.22. The summed E-state index contributed by atoms with van der Waals surface area (Å²) in [5, 5.41) is 10.5. The molecule has 0 aliphatic carbocycles. The Morgan fingerprint density at radius 3 is 2.75 bits per heavy atom. The number of aromatic nitrogens is 3. The predicted octanol–water partition coefficient (Wildman–Crippen LogP) is 2.26. The van der Waals surface area contributed by atoms with E-state index >= 15 is 0 Å². The molecule has 0 fully saturated rings. The zero-order valence-corrected chi connectivity index (χ0v) is 12.5. The molecule has 20 heavy (non-hydrogen) atoms. The van der Waals surface area contributed by atoms with Gasteiger partial charge in [-0.05, 0) is 12.0 Å². The van der Waals surface area contributed by atoms with Crippen molar-refractivity contribution in [3.05, 3.63) is 29.8 Å². The number of thioether (sulfide) groups is 1. The molecular weight excluding hydrogens is 272 g/mol. The molecule has 1 aromatic heterocycles. The molecule has 2 aromatic rings. The molecule has 2 N–H and O–H groups in total. The van der Waals surface area contributed by atoms with Gasteiger partial charge >= 0.3 is 0 Å². The van der Waals surface area contributed by atoms with E-state index in [2.05, 4.69) is 39.6 Å². The zero-order valence-electron chi connectivity index (χ0n) is 11.6. The predicted molar refractivity (Wildman–Crippen MR) is 80.6 cm³/mol. The van der Waals surface area contributed by atoms with E-state index < -0.39 is 0 Å². The smallest absolute Gasteiger partial charge is 0.216 e. The minimum absolute atomic E-state index is 0.0164. The van der Waals surface area contributed by atoms with Crippen LogP contribution in [0.3, 0.4) is 0 Å². The number of carbonyl (C=O) groups excluding carboxylic acids is 1. The van der Waals surface area contributed by atoms with Gasteiger partial charge in [0.15, 0.2) is 5.82 Å². The molecule has 0 saturated carbocycles. The molecule has 2 rings (SSSR count). The van der Waals surface area contributed by atoms with Crippen molar-refractivity contribution in [1.82, 2.24) is 20.5 Å². The molecule has 0 aliphatic heterocycles. The summed E-state index contributed by atoms with van der Waals surface area (Å²) in [7, 11) is 0. The Kier molecular flexibility index (Phi) is 5.17. The second-order valence-electron chi connectivity index (χ2n) is 4.35. The number of hydrogen-bond acceptors (Lipinski definition) is 4. The van der Waals surface area contributed by atoms with E-state index in [1.54, 1.807) is 0 Å². The molecule has 0 saturated heterocycles. The van der Waals surface area contributed by atoms with Crippen LogP contribution in [-0.2, 0) is 11.2 Å². The maximum Gasteiger partial charge on any atom is 0.216 e. The van der Waals surface area contributed by atoms with Gasteiger partial charge < -0.3 is 5.32 Å². The summed E-state index contributed by atoms with van der Waals surface area (Å²) in [5.74, 6) is 1.51. The van der Waals surface area contributed by atoms with E-state index in [1.165, 1.54) is 24.2 Å². The second kappa shape index (κ2) is 7.09. The first-order valence-corrected chi connectivity index (χ1v) is 7.56. The van der Waals surface area contributed by atoms with Crippen molar-refractivity contribution in [2.45, 2.75) is 25.4 Å². The molecule has 0 aliphatic rings. The van der Waals surface area contributed by atoms with Crippen molar-refractivity contribution in [2.24, 2.45) is 0 Å². The Balaban J connectivity index is 1.92. The van der Waals surface area contributed by atoms with Gasteiger partial charge in [-0.1, -0.05) is 43.0 Å². The average molecular weight is 290 g/mol. The maximum atomic E-state index is 10.7. The highest BCUT2D eigenvalue weighted by molar-refractivity contribution is 7.99. The molecular formula is C14H18N4OS. The summed E-state index contributed by atoms with van der Waals surface area (Å²) in [4.78, 5) is 15.2. The molecule has 1 heterocycles. The molecule has 6 heteroatoms. The lowest BCUT2D eigenvalue weighted by molar-refractivity contribution is -0.118. The van der Waals surface area contributed by atoms with Gasteiger partial charge in [0.2, 0.25) is 11.1 Å². The third-order valence-electron chi connectivity index (χ3n) is 2.81. The topological polar surface area (TPSA) is 70.7 Å². The van der Waals surface area contributed by atoms with Gasteiger partial charge in [-0.25, -0.2) is 4.98 Å². The third kappa shape index (κ3) is 4.09. The highest BCUT2D eigenvalue weighted by Gasteiger charge is 2.06. The second-order valence-corrected chi connectivity index (χ2v) is 5.41. The molecule has 0 atom stereocenters. The Morgan fingerprint density at radius 2 is 2.10 bits per heavy atom. The van der Waals surface area contributed by atoms with Crippen molar-refractivity contribution in [3.63, 3.8) is 0 Å². The number of rotatable bonds is 6. The molecule has 5 nitrogen and oxygen atoms in total. The van der Waals surface area contributed by atoms with Crippen LogP contribution in [-0.4, -0.2) is 33.4 Å². The van der Waals surface area contributed by atoms with Crippen molar-refractivity contribution < 1.29 is 4.79 Å². The average Bonchev–Trinajstić information content (AvgIpc) is 2.92. The Morgan fingerprint density at radius 1 is 1.35 bits per heavy atom. The zero-order chi connectivity index (χ0) is 14.4. The van der Waals surface area contributed by atoms with Crippen molar-refractivity contribution in [1.29, 1.82) is 0 Å². The van der Waals surface area contributed by atoms with Crippen LogP contribution in [0.25, 0.3) is 11.4 Å². The molecule has 1 aromatic carbocycles. The number of carbonyl (C=O) groups is 1. The van der Waals surface area contributed by atoms with Gasteiger partial charge in [0, 0.05) is 24.8 Å². The summed E-state index contributed by atoms with van der Waals surface area (Å²) in [6, 6.07) is 8.29. The standard InChI is InChI=1S/C14H18N4OS/c1-3-11-4-6-12(7-5-11)13-16-14(18-17-13)20-9-8-15-10(2)19/h4-7H,3,8-9H2,1-2H3,(H,15,19)(H,16,17,18). The van der Waals surface area contributed by atoms with Crippen LogP contribution >= 0.6 is 11.8 Å². The van der Waals surface area contributed by atoms with E-state index in [-0.39, 0.29) is 5.91 Å². The number of aromatic amines is 1. The third-order valence-corrected chi connectivity index (χ3v) is 3.66. The fourth-order valence-corrected chi connectivity index (χ4v) is 2.36. The lowest BCUT2D eigenvalue weighted by atomic mass is 10.1. The van der Waals surface area contributed by atoms with Crippen LogP contribution in [0.1, 0.15) is 19.4 Å². The van der Waals surface area contributed by atoms with E-state index in [1.807, 2.05) is 12.1 Å². The summed E-state index contributed by atoms with van der Waals surface area (Å²) >= 11 is 1.52. The minimum atomic E-state index is -0.0164. The van der Waals surface area contributed by atoms with Crippen LogP contribution in [0.5, 0.6) is 0 Å². The molecule has 0 unspecified atom stereocenters. The summed E-state index contributed by atoms with van der Waals surface area (Å²) in [6.07, 6.45) is 1.03. The molecule has 1 amide bonds.